The van der Waals surface area contributed by atoms with Gasteiger partial charge < -0.3 is 11.1 Å². The van der Waals surface area contributed by atoms with Crippen molar-refractivity contribution in [2.45, 2.75) is 13.5 Å². The smallest absolute Gasteiger partial charge is 0.147 e. The summed E-state index contributed by atoms with van der Waals surface area (Å²) in [5.41, 5.74) is 8.50. The molecule has 0 atom stereocenters. The van der Waals surface area contributed by atoms with Crippen molar-refractivity contribution in [1.29, 1.82) is 0 Å². The van der Waals surface area contributed by atoms with Crippen LogP contribution in [0.25, 0.3) is 0 Å². The molecule has 3 N–H and O–H groups in total. The van der Waals surface area contributed by atoms with Crippen LogP contribution in [0.5, 0.6) is 0 Å². The van der Waals surface area contributed by atoms with Crippen molar-refractivity contribution >= 4 is 11.5 Å². The number of benzene rings is 1. The van der Waals surface area contributed by atoms with E-state index in [0.717, 1.165) is 22.8 Å². The molecule has 82 valence electrons. The Bertz CT molecular complexity index is 482. The quantitative estimate of drug-likeness (QED) is 0.767. The van der Waals surface area contributed by atoms with Crippen molar-refractivity contribution in [2.24, 2.45) is 0 Å². The van der Waals surface area contributed by atoms with Gasteiger partial charge in [0, 0.05) is 24.6 Å². The Morgan fingerprint density at radius 2 is 2.06 bits per heavy atom. The molecule has 4 nitrogen and oxygen atoms in total. The Morgan fingerprint density at radius 1 is 1.25 bits per heavy atom. The molecule has 1 aromatic heterocycles. The molecule has 0 saturated heterocycles. The molecular weight excluding hydrogens is 200 g/mol. The number of hydrogen-bond acceptors (Lipinski definition) is 4. The number of rotatable bonds is 3. The maximum atomic E-state index is 5.70. The molecule has 0 fully saturated rings. The summed E-state index contributed by atoms with van der Waals surface area (Å²) < 4.78 is 0. The van der Waals surface area contributed by atoms with Crippen LogP contribution in [0.4, 0.5) is 11.5 Å². The number of nitrogens with two attached hydrogens (primary N) is 1. The third-order valence-corrected chi connectivity index (χ3v) is 2.29. The van der Waals surface area contributed by atoms with E-state index in [0.29, 0.717) is 6.54 Å². The number of nitrogens with one attached hydrogen (secondary N) is 1. The van der Waals surface area contributed by atoms with Crippen LogP contribution in [0, 0.1) is 6.92 Å². The Labute approximate surface area is 94.5 Å². The summed E-state index contributed by atoms with van der Waals surface area (Å²) in [6, 6.07) is 7.78. The monoisotopic (exact) mass is 214 g/mol. The van der Waals surface area contributed by atoms with Crippen molar-refractivity contribution in [3.63, 3.8) is 0 Å². The minimum atomic E-state index is 0.699. The van der Waals surface area contributed by atoms with E-state index in [-0.39, 0.29) is 0 Å². The maximum absolute atomic E-state index is 5.70. The lowest BCUT2D eigenvalue weighted by molar-refractivity contribution is 1.05. The molecule has 4 heteroatoms. The van der Waals surface area contributed by atoms with Crippen molar-refractivity contribution in [3.8, 4) is 0 Å². The average Bonchev–Trinajstić information content (AvgIpc) is 2.28. The lowest BCUT2D eigenvalue weighted by Crippen LogP contribution is -2.04. The van der Waals surface area contributed by atoms with Gasteiger partial charge in [0.15, 0.2) is 0 Å². The van der Waals surface area contributed by atoms with Crippen molar-refractivity contribution in [3.05, 3.63) is 47.9 Å². The maximum Gasteiger partial charge on any atom is 0.147 e. The molecule has 0 spiro atoms. The van der Waals surface area contributed by atoms with E-state index in [1.807, 2.05) is 31.2 Å². The molecule has 0 aliphatic heterocycles. The fourth-order valence-corrected chi connectivity index (χ4v) is 1.47. The van der Waals surface area contributed by atoms with Crippen LogP contribution < -0.4 is 11.1 Å². The number of hydrogen-bond donors (Lipinski definition) is 2. The predicted octanol–water partition coefficient (Wildman–Crippen LogP) is 1.98. The third-order valence-electron chi connectivity index (χ3n) is 2.29. The molecule has 0 amide bonds. The van der Waals surface area contributed by atoms with Crippen LogP contribution in [0.15, 0.2) is 36.7 Å². The summed E-state index contributed by atoms with van der Waals surface area (Å²) in [5.74, 6) is 0.810. The third kappa shape index (κ3) is 2.48. The first-order chi connectivity index (χ1) is 7.75. The van der Waals surface area contributed by atoms with Crippen LogP contribution in [-0.4, -0.2) is 9.97 Å². The number of anilines is 2. The molecule has 0 aliphatic carbocycles. The van der Waals surface area contributed by atoms with Crippen LogP contribution in [0.3, 0.4) is 0 Å². The summed E-state index contributed by atoms with van der Waals surface area (Å²) in [7, 11) is 0. The van der Waals surface area contributed by atoms with E-state index in [1.54, 1.807) is 12.4 Å². The van der Waals surface area contributed by atoms with Gasteiger partial charge in [-0.2, -0.15) is 0 Å². The first-order valence-corrected chi connectivity index (χ1v) is 5.11. The lowest BCUT2D eigenvalue weighted by Gasteiger charge is -2.07. The number of nitrogens with zero attached hydrogens (tertiary/aromatic N) is 2. The molecule has 0 radical (unpaired) electrons. The van der Waals surface area contributed by atoms with Crippen molar-refractivity contribution in [1.82, 2.24) is 9.97 Å². The number of nitrogen functional groups attached to an aromatic ring is 1. The summed E-state index contributed by atoms with van der Waals surface area (Å²) in [4.78, 5) is 8.37. The Hall–Kier alpha value is -2.10. The average molecular weight is 214 g/mol. The summed E-state index contributed by atoms with van der Waals surface area (Å²) >= 11 is 0. The van der Waals surface area contributed by atoms with Gasteiger partial charge in [0.05, 0.1) is 5.69 Å². The highest BCUT2D eigenvalue weighted by Gasteiger charge is 1.99. The lowest BCUT2D eigenvalue weighted by atomic mass is 10.2. The van der Waals surface area contributed by atoms with Crippen molar-refractivity contribution in [2.75, 3.05) is 11.1 Å². The Kier molecular flexibility index (Phi) is 3.00. The second-order valence-corrected chi connectivity index (χ2v) is 3.59. The molecule has 16 heavy (non-hydrogen) atoms. The summed E-state index contributed by atoms with van der Waals surface area (Å²) in [6.07, 6.45) is 3.36. The zero-order chi connectivity index (χ0) is 11.4. The zero-order valence-corrected chi connectivity index (χ0v) is 9.14. The minimum Gasteiger partial charge on any atom is -0.399 e. The van der Waals surface area contributed by atoms with Gasteiger partial charge in [0.1, 0.15) is 5.82 Å². The van der Waals surface area contributed by atoms with Gasteiger partial charge in [-0.15, -0.1) is 0 Å². The van der Waals surface area contributed by atoms with Gasteiger partial charge in [-0.05, 0) is 24.6 Å². The summed E-state index contributed by atoms with van der Waals surface area (Å²) in [5, 5.41) is 3.23. The van der Waals surface area contributed by atoms with Gasteiger partial charge in [-0.1, -0.05) is 12.1 Å². The fourth-order valence-electron chi connectivity index (χ4n) is 1.47. The van der Waals surface area contributed by atoms with Gasteiger partial charge in [0.2, 0.25) is 0 Å². The zero-order valence-electron chi connectivity index (χ0n) is 9.14. The standard InChI is InChI=1S/C12H14N4/c1-9-12(15-6-5-14-9)16-8-10-3-2-4-11(13)7-10/h2-7H,8,13H2,1H3,(H,15,16). The molecular formula is C12H14N4. The molecule has 1 heterocycles. The van der Waals surface area contributed by atoms with Gasteiger partial charge in [0.25, 0.3) is 0 Å². The first kappa shape index (κ1) is 10.4. The van der Waals surface area contributed by atoms with Crippen LogP contribution >= 0.6 is 0 Å². The Balaban J connectivity index is 2.05. The van der Waals surface area contributed by atoms with E-state index in [4.69, 9.17) is 5.73 Å². The molecule has 1 aromatic carbocycles. The molecule has 0 bridgehead atoms. The highest BCUT2D eigenvalue weighted by molar-refractivity contribution is 5.43. The van der Waals surface area contributed by atoms with Gasteiger partial charge >= 0.3 is 0 Å². The van der Waals surface area contributed by atoms with E-state index >= 15 is 0 Å². The predicted molar refractivity (Wildman–Crippen MR) is 65.0 cm³/mol. The van der Waals surface area contributed by atoms with Gasteiger partial charge in [-0.3, -0.25) is 4.98 Å². The topological polar surface area (TPSA) is 63.8 Å². The molecule has 0 unspecified atom stereocenters. The first-order valence-electron chi connectivity index (χ1n) is 5.11. The highest BCUT2D eigenvalue weighted by Crippen LogP contribution is 2.10. The van der Waals surface area contributed by atoms with E-state index in [1.165, 1.54) is 0 Å². The molecule has 2 aromatic rings. The van der Waals surface area contributed by atoms with Crippen LogP contribution in [0.2, 0.25) is 0 Å². The van der Waals surface area contributed by atoms with Crippen LogP contribution in [0.1, 0.15) is 11.3 Å². The highest BCUT2D eigenvalue weighted by atomic mass is 15.0. The largest absolute Gasteiger partial charge is 0.399 e. The second kappa shape index (κ2) is 4.61. The van der Waals surface area contributed by atoms with E-state index in [2.05, 4.69) is 15.3 Å². The van der Waals surface area contributed by atoms with Crippen molar-refractivity contribution < 1.29 is 0 Å². The van der Waals surface area contributed by atoms with Crippen LogP contribution in [-0.2, 0) is 6.54 Å². The minimum absolute atomic E-state index is 0.699. The second-order valence-electron chi connectivity index (χ2n) is 3.59. The number of aromatic nitrogens is 2. The normalized spacial score (nSPS) is 10.1. The number of aryl methyl sites for hydroxylation is 1. The van der Waals surface area contributed by atoms with Gasteiger partial charge in [-0.25, -0.2) is 4.98 Å². The SMILES string of the molecule is Cc1nccnc1NCc1cccc(N)c1. The summed E-state index contributed by atoms with van der Waals surface area (Å²) in [6.45, 7) is 2.62. The molecule has 2 rings (SSSR count). The fraction of sp³-hybridized carbons (Fsp3) is 0.167. The Morgan fingerprint density at radius 3 is 2.81 bits per heavy atom. The van der Waals surface area contributed by atoms with E-state index in [9.17, 15) is 0 Å². The molecule has 0 saturated carbocycles. The van der Waals surface area contributed by atoms with E-state index < -0.39 is 0 Å². The molecule has 0 aliphatic rings.